The summed E-state index contributed by atoms with van der Waals surface area (Å²) in [6, 6.07) is 3.43. The molecule has 1 aromatic rings. The van der Waals surface area contributed by atoms with Crippen molar-refractivity contribution in [2.45, 2.75) is 20.3 Å². The van der Waals surface area contributed by atoms with Crippen LogP contribution in [-0.4, -0.2) is 28.9 Å². The summed E-state index contributed by atoms with van der Waals surface area (Å²) in [5.74, 6) is 0.666. The van der Waals surface area contributed by atoms with E-state index in [2.05, 4.69) is 11.9 Å². The Morgan fingerprint density at radius 2 is 2.31 bits per heavy atom. The molecule has 1 fully saturated rings. The van der Waals surface area contributed by atoms with Crippen LogP contribution in [0.3, 0.4) is 0 Å². The Hall–Kier alpha value is -1.09. The van der Waals surface area contributed by atoms with E-state index >= 15 is 0 Å². The first-order chi connectivity index (χ1) is 7.56. The molecular weight excluding hydrogens is 224 g/mol. The van der Waals surface area contributed by atoms with Crippen molar-refractivity contribution in [1.82, 2.24) is 9.88 Å². The zero-order valence-corrected chi connectivity index (χ0v) is 10.3. The molecule has 2 heterocycles. The molecule has 0 saturated carbocycles. The predicted molar refractivity (Wildman–Crippen MR) is 63.7 cm³/mol. The van der Waals surface area contributed by atoms with Gasteiger partial charge in [0.1, 0.15) is 5.15 Å². The van der Waals surface area contributed by atoms with Crippen molar-refractivity contribution in [3.63, 3.8) is 0 Å². The average Bonchev–Trinajstić information content (AvgIpc) is 2.62. The summed E-state index contributed by atoms with van der Waals surface area (Å²) in [5, 5.41) is 0.385. The summed E-state index contributed by atoms with van der Waals surface area (Å²) in [7, 11) is 0. The van der Waals surface area contributed by atoms with Crippen molar-refractivity contribution in [3.05, 3.63) is 28.5 Å². The van der Waals surface area contributed by atoms with Crippen molar-refractivity contribution < 1.29 is 4.79 Å². The third-order valence-electron chi connectivity index (χ3n) is 2.88. The Morgan fingerprint density at radius 1 is 1.56 bits per heavy atom. The first-order valence-electron chi connectivity index (χ1n) is 5.49. The van der Waals surface area contributed by atoms with E-state index < -0.39 is 0 Å². The highest BCUT2D eigenvalue weighted by Gasteiger charge is 2.24. The van der Waals surface area contributed by atoms with Gasteiger partial charge >= 0.3 is 0 Å². The molecule has 0 spiro atoms. The van der Waals surface area contributed by atoms with Crippen LogP contribution < -0.4 is 0 Å². The van der Waals surface area contributed by atoms with Gasteiger partial charge in [-0.2, -0.15) is 0 Å². The Labute approximate surface area is 100 Å². The number of aryl methyl sites for hydroxylation is 1. The van der Waals surface area contributed by atoms with Crippen LogP contribution >= 0.6 is 11.6 Å². The molecule has 1 atom stereocenters. The van der Waals surface area contributed by atoms with E-state index in [1.54, 1.807) is 12.1 Å². The lowest BCUT2D eigenvalue weighted by Crippen LogP contribution is -2.28. The number of aromatic nitrogens is 1. The van der Waals surface area contributed by atoms with Crippen LogP contribution in [0, 0.1) is 12.8 Å². The van der Waals surface area contributed by atoms with Gasteiger partial charge in [0, 0.05) is 24.3 Å². The topological polar surface area (TPSA) is 33.2 Å². The fourth-order valence-electron chi connectivity index (χ4n) is 2.05. The molecule has 16 heavy (non-hydrogen) atoms. The van der Waals surface area contributed by atoms with Crippen LogP contribution in [-0.2, 0) is 0 Å². The zero-order valence-electron chi connectivity index (χ0n) is 9.53. The lowest BCUT2D eigenvalue weighted by molar-refractivity contribution is 0.0788. The minimum atomic E-state index is 0.0664. The van der Waals surface area contributed by atoms with Crippen LogP contribution in [0.5, 0.6) is 0 Å². The van der Waals surface area contributed by atoms with Crippen molar-refractivity contribution >= 4 is 17.5 Å². The first-order valence-corrected chi connectivity index (χ1v) is 5.87. The molecule has 86 valence electrons. The van der Waals surface area contributed by atoms with E-state index in [1.807, 2.05) is 11.8 Å². The number of amides is 1. The number of carbonyl (C=O) groups excluding carboxylic acids is 1. The second-order valence-corrected chi connectivity index (χ2v) is 4.85. The third-order valence-corrected chi connectivity index (χ3v) is 3.07. The van der Waals surface area contributed by atoms with Gasteiger partial charge < -0.3 is 4.90 Å². The van der Waals surface area contributed by atoms with Crippen molar-refractivity contribution in [2.24, 2.45) is 5.92 Å². The lowest BCUT2D eigenvalue weighted by Gasteiger charge is -2.16. The Bertz CT molecular complexity index is 399. The van der Waals surface area contributed by atoms with E-state index in [1.165, 1.54) is 0 Å². The van der Waals surface area contributed by atoms with Crippen molar-refractivity contribution in [1.29, 1.82) is 0 Å². The molecule has 1 unspecified atom stereocenters. The summed E-state index contributed by atoms with van der Waals surface area (Å²) in [6.45, 7) is 5.70. The highest BCUT2D eigenvalue weighted by Crippen LogP contribution is 2.19. The van der Waals surface area contributed by atoms with E-state index in [0.717, 1.165) is 25.2 Å². The van der Waals surface area contributed by atoms with Gasteiger partial charge in [-0.25, -0.2) is 4.98 Å². The molecule has 0 N–H and O–H groups in total. The Morgan fingerprint density at radius 3 is 2.88 bits per heavy atom. The van der Waals surface area contributed by atoms with Gasteiger partial charge in [0.2, 0.25) is 0 Å². The number of hydrogen-bond donors (Lipinski definition) is 0. The molecule has 1 amide bonds. The molecule has 0 radical (unpaired) electrons. The van der Waals surface area contributed by atoms with Gasteiger partial charge in [0.15, 0.2) is 0 Å². The number of rotatable bonds is 1. The highest BCUT2D eigenvalue weighted by atomic mass is 35.5. The monoisotopic (exact) mass is 238 g/mol. The molecule has 1 aliphatic heterocycles. The molecule has 1 saturated heterocycles. The molecule has 0 aromatic carbocycles. The largest absolute Gasteiger partial charge is 0.338 e. The lowest BCUT2D eigenvalue weighted by atomic mass is 10.2. The van der Waals surface area contributed by atoms with Crippen LogP contribution in [0.25, 0.3) is 0 Å². The molecule has 1 aromatic heterocycles. The summed E-state index contributed by atoms with van der Waals surface area (Å²) < 4.78 is 0. The number of carbonyl (C=O) groups is 1. The maximum absolute atomic E-state index is 12.1. The number of pyridine rings is 1. The van der Waals surface area contributed by atoms with Crippen LogP contribution in [0.1, 0.15) is 29.4 Å². The fraction of sp³-hybridized carbons (Fsp3) is 0.500. The van der Waals surface area contributed by atoms with Gasteiger partial charge in [0.05, 0.1) is 0 Å². The molecule has 1 aliphatic rings. The highest BCUT2D eigenvalue weighted by molar-refractivity contribution is 6.29. The smallest absolute Gasteiger partial charge is 0.254 e. The molecular formula is C12H15ClN2O. The van der Waals surface area contributed by atoms with Crippen LogP contribution in [0.15, 0.2) is 12.1 Å². The maximum atomic E-state index is 12.1. The standard InChI is InChI=1S/C12H15ClN2O/c1-8-3-4-15(7-8)12(16)10-5-9(2)14-11(13)6-10/h5-6,8H,3-4,7H2,1-2H3. The summed E-state index contributed by atoms with van der Waals surface area (Å²) in [6.07, 6.45) is 1.09. The number of hydrogen-bond acceptors (Lipinski definition) is 2. The second-order valence-electron chi connectivity index (χ2n) is 4.46. The van der Waals surface area contributed by atoms with Gasteiger partial charge in [-0.1, -0.05) is 18.5 Å². The first kappa shape index (κ1) is 11.4. The summed E-state index contributed by atoms with van der Waals surface area (Å²) in [5.41, 5.74) is 1.43. The quantitative estimate of drug-likeness (QED) is 0.705. The van der Waals surface area contributed by atoms with Crippen LogP contribution in [0.4, 0.5) is 0 Å². The number of likely N-dealkylation sites (tertiary alicyclic amines) is 1. The SMILES string of the molecule is Cc1cc(C(=O)N2CCC(C)C2)cc(Cl)n1. The zero-order chi connectivity index (χ0) is 11.7. The molecule has 4 heteroatoms. The van der Waals surface area contributed by atoms with Gasteiger partial charge in [-0.05, 0) is 31.4 Å². The van der Waals surface area contributed by atoms with Gasteiger partial charge in [-0.3, -0.25) is 4.79 Å². The predicted octanol–water partition coefficient (Wildman–Crippen LogP) is 2.53. The maximum Gasteiger partial charge on any atom is 0.254 e. The van der Waals surface area contributed by atoms with Gasteiger partial charge in [0.25, 0.3) is 5.91 Å². The fourth-order valence-corrected chi connectivity index (χ4v) is 2.30. The van der Waals surface area contributed by atoms with E-state index in [0.29, 0.717) is 16.6 Å². The molecule has 0 aliphatic carbocycles. The van der Waals surface area contributed by atoms with E-state index in [-0.39, 0.29) is 5.91 Å². The normalized spacial score (nSPS) is 20.2. The Kier molecular flexibility index (Phi) is 3.15. The van der Waals surface area contributed by atoms with Crippen molar-refractivity contribution in [3.8, 4) is 0 Å². The molecule has 2 rings (SSSR count). The van der Waals surface area contributed by atoms with E-state index in [9.17, 15) is 4.79 Å². The second kappa shape index (κ2) is 4.42. The third kappa shape index (κ3) is 2.35. The molecule has 3 nitrogen and oxygen atoms in total. The summed E-state index contributed by atoms with van der Waals surface area (Å²) >= 11 is 5.85. The average molecular weight is 239 g/mol. The molecule has 0 bridgehead atoms. The minimum absolute atomic E-state index is 0.0664. The van der Waals surface area contributed by atoms with E-state index in [4.69, 9.17) is 11.6 Å². The minimum Gasteiger partial charge on any atom is -0.338 e. The summed E-state index contributed by atoms with van der Waals surface area (Å²) in [4.78, 5) is 18.1. The Balaban J connectivity index is 2.20. The van der Waals surface area contributed by atoms with Crippen LogP contribution in [0.2, 0.25) is 5.15 Å². The van der Waals surface area contributed by atoms with Crippen molar-refractivity contribution in [2.75, 3.05) is 13.1 Å². The number of nitrogens with zero attached hydrogens (tertiary/aromatic N) is 2. The van der Waals surface area contributed by atoms with Gasteiger partial charge in [-0.15, -0.1) is 0 Å². The number of halogens is 1.